The fourth-order valence-electron chi connectivity index (χ4n) is 1.88. The van der Waals surface area contributed by atoms with Gasteiger partial charge in [-0.15, -0.1) is 0 Å². The highest BCUT2D eigenvalue weighted by Gasteiger charge is 2.37. The molecular weight excluding hydrogens is 162 g/mol. The lowest BCUT2D eigenvalue weighted by Crippen LogP contribution is -2.41. The van der Waals surface area contributed by atoms with E-state index in [1.807, 2.05) is 19.3 Å². The van der Waals surface area contributed by atoms with E-state index in [0.717, 1.165) is 12.4 Å². The fraction of sp³-hybridized carbons (Fsp3) is 0.600. The maximum Gasteiger partial charge on any atom is 0.125 e. The Morgan fingerprint density at radius 2 is 2.00 bits per heavy atom. The second-order valence-corrected chi connectivity index (χ2v) is 3.86. The van der Waals surface area contributed by atoms with E-state index in [4.69, 9.17) is 5.73 Å². The molecule has 0 unspecified atom stereocenters. The van der Waals surface area contributed by atoms with Crippen molar-refractivity contribution in [3.8, 4) is 0 Å². The predicted molar refractivity (Wildman–Crippen MR) is 51.4 cm³/mol. The first-order chi connectivity index (χ1) is 6.27. The van der Waals surface area contributed by atoms with E-state index in [0.29, 0.717) is 0 Å². The van der Waals surface area contributed by atoms with Crippen LogP contribution in [0.2, 0.25) is 0 Å². The number of rotatable bonds is 2. The van der Waals surface area contributed by atoms with Crippen LogP contribution in [-0.4, -0.2) is 16.5 Å². The van der Waals surface area contributed by atoms with Crippen molar-refractivity contribution in [1.29, 1.82) is 0 Å². The molecule has 1 aromatic heterocycles. The highest BCUT2D eigenvalue weighted by molar-refractivity contribution is 5.23. The van der Waals surface area contributed by atoms with Gasteiger partial charge in [-0.2, -0.15) is 0 Å². The number of aryl methyl sites for hydroxylation is 1. The van der Waals surface area contributed by atoms with Crippen LogP contribution in [-0.2, 0) is 5.41 Å². The van der Waals surface area contributed by atoms with Gasteiger partial charge in [-0.25, -0.2) is 9.97 Å². The lowest BCUT2D eigenvalue weighted by Gasteiger charge is -2.40. The topological polar surface area (TPSA) is 51.8 Å². The molecular formula is C10H15N3. The molecule has 0 aromatic carbocycles. The van der Waals surface area contributed by atoms with Gasteiger partial charge >= 0.3 is 0 Å². The van der Waals surface area contributed by atoms with Crippen molar-refractivity contribution in [3.63, 3.8) is 0 Å². The average Bonchev–Trinajstić information content (AvgIpc) is 2.07. The van der Waals surface area contributed by atoms with Gasteiger partial charge in [0, 0.05) is 24.4 Å². The minimum atomic E-state index is 0.202. The van der Waals surface area contributed by atoms with Gasteiger partial charge in [0.15, 0.2) is 0 Å². The lowest BCUT2D eigenvalue weighted by molar-refractivity contribution is 0.251. The summed E-state index contributed by atoms with van der Waals surface area (Å²) in [6.45, 7) is 2.62. The van der Waals surface area contributed by atoms with Gasteiger partial charge in [0.05, 0.1) is 0 Å². The van der Waals surface area contributed by atoms with Crippen LogP contribution in [0.4, 0.5) is 0 Å². The smallest absolute Gasteiger partial charge is 0.125 e. The molecule has 0 atom stereocenters. The zero-order chi connectivity index (χ0) is 9.31. The molecule has 70 valence electrons. The Bertz CT molecular complexity index is 282. The largest absolute Gasteiger partial charge is 0.330 e. The summed E-state index contributed by atoms with van der Waals surface area (Å²) in [7, 11) is 0. The summed E-state index contributed by atoms with van der Waals surface area (Å²) in [5.41, 5.74) is 7.20. The quantitative estimate of drug-likeness (QED) is 0.737. The molecule has 1 fully saturated rings. The molecule has 2 rings (SSSR count). The van der Waals surface area contributed by atoms with Gasteiger partial charge in [0.25, 0.3) is 0 Å². The molecule has 1 saturated carbocycles. The van der Waals surface area contributed by atoms with Gasteiger partial charge in [-0.05, 0) is 25.3 Å². The Morgan fingerprint density at radius 3 is 2.38 bits per heavy atom. The molecule has 1 heterocycles. The second kappa shape index (κ2) is 3.07. The minimum absolute atomic E-state index is 0.202. The Morgan fingerprint density at radius 1 is 1.38 bits per heavy atom. The Hall–Kier alpha value is -0.960. The Labute approximate surface area is 78.4 Å². The number of nitrogens with two attached hydrogens (primary N) is 1. The number of aromatic nitrogens is 2. The third-order valence-electron chi connectivity index (χ3n) is 3.09. The molecule has 3 nitrogen and oxygen atoms in total. The molecule has 1 aromatic rings. The van der Waals surface area contributed by atoms with Crippen LogP contribution in [0.15, 0.2) is 12.4 Å². The van der Waals surface area contributed by atoms with E-state index in [1.54, 1.807) is 0 Å². The van der Waals surface area contributed by atoms with Crippen LogP contribution in [0.3, 0.4) is 0 Å². The molecule has 3 heteroatoms. The van der Waals surface area contributed by atoms with E-state index in [9.17, 15) is 0 Å². The van der Waals surface area contributed by atoms with Crippen LogP contribution in [0, 0.1) is 6.92 Å². The zero-order valence-electron chi connectivity index (χ0n) is 7.95. The molecule has 0 radical (unpaired) electrons. The number of hydrogen-bond donors (Lipinski definition) is 1. The molecule has 2 N–H and O–H groups in total. The third kappa shape index (κ3) is 1.33. The first kappa shape index (κ1) is 8.63. The van der Waals surface area contributed by atoms with Crippen LogP contribution < -0.4 is 5.73 Å². The minimum Gasteiger partial charge on any atom is -0.330 e. The van der Waals surface area contributed by atoms with Crippen LogP contribution in [0.5, 0.6) is 0 Å². The molecule has 13 heavy (non-hydrogen) atoms. The van der Waals surface area contributed by atoms with Crippen LogP contribution in [0.1, 0.15) is 30.7 Å². The highest BCUT2D eigenvalue weighted by Crippen LogP contribution is 2.42. The summed E-state index contributed by atoms with van der Waals surface area (Å²) in [5, 5.41) is 0. The van der Waals surface area contributed by atoms with Crippen molar-refractivity contribution in [2.24, 2.45) is 5.73 Å². The summed E-state index contributed by atoms with van der Waals surface area (Å²) in [6, 6.07) is 0. The predicted octanol–water partition coefficient (Wildman–Crippen LogP) is 1.17. The summed E-state index contributed by atoms with van der Waals surface area (Å²) >= 11 is 0. The van der Waals surface area contributed by atoms with Crippen LogP contribution in [0.25, 0.3) is 0 Å². The monoisotopic (exact) mass is 177 g/mol. The van der Waals surface area contributed by atoms with Crippen molar-refractivity contribution in [2.45, 2.75) is 31.6 Å². The summed E-state index contributed by atoms with van der Waals surface area (Å²) in [6.07, 6.45) is 7.51. The van der Waals surface area contributed by atoms with Crippen molar-refractivity contribution < 1.29 is 0 Å². The van der Waals surface area contributed by atoms with Crippen LogP contribution >= 0.6 is 0 Å². The maximum absolute atomic E-state index is 5.78. The van der Waals surface area contributed by atoms with E-state index >= 15 is 0 Å². The fourth-order valence-corrected chi connectivity index (χ4v) is 1.88. The molecule has 0 saturated heterocycles. The van der Waals surface area contributed by atoms with Crippen molar-refractivity contribution in [1.82, 2.24) is 9.97 Å². The molecule has 1 aliphatic carbocycles. The van der Waals surface area contributed by atoms with E-state index in [2.05, 4.69) is 9.97 Å². The van der Waals surface area contributed by atoms with Crippen molar-refractivity contribution in [2.75, 3.05) is 6.54 Å². The normalized spacial score (nSPS) is 19.5. The van der Waals surface area contributed by atoms with E-state index < -0.39 is 0 Å². The summed E-state index contributed by atoms with van der Waals surface area (Å²) < 4.78 is 0. The number of nitrogens with zero attached hydrogens (tertiary/aromatic N) is 2. The van der Waals surface area contributed by atoms with Gasteiger partial charge < -0.3 is 5.73 Å². The maximum atomic E-state index is 5.78. The SMILES string of the molecule is Cc1ncc(C2(CN)CCC2)cn1. The van der Waals surface area contributed by atoms with Gasteiger partial charge in [-0.3, -0.25) is 0 Å². The Kier molecular flexibility index (Phi) is 2.04. The van der Waals surface area contributed by atoms with Crippen molar-refractivity contribution >= 4 is 0 Å². The third-order valence-corrected chi connectivity index (χ3v) is 3.09. The molecule has 0 aliphatic heterocycles. The second-order valence-electron chi connectivity index (χ2n) is 3.86. The average molecular weight is 177 g/mol. The van der Waals surface area contributed by atoms with Gasteiger partial charge in [-0.1, -0.05) is 6.42 Å². The van der Waals surface area contributed by atoms with E-state index in [1.165, 1.54) is 24.8 Å². The number of hydrogen-bond acceptors (Lipinski definition) is 3. The molecule has 0 amide bonds. The molecule has 0 bridgehead atoms. The van der Waals surface area contributed by atoms with Gasteiger partial charge in [0.2, 0.25) is 0 Å². The highest BCUT2D eigenvalue weighted by atomic mass is 14.9. The lowest BCUT2D eigenvalue weighted by atomic mass is 9.65. The first-order valence-electron chi connectivity index (χ1n) is 4.76. The summed E-state index contributed by atoms with van der Waals surface area (Å²) in [5.74, 6) is 0.829. The molecule has 1 aliphatic rings. The Balaban J connectivity index is 2.28. The standard InChI is InChI=1S/C10H15N3/c1-8-12-5-9(6-13-8)10(7-11)3-2-4-10/h5-6H,2-4,7,11H2,1H3. The van der Waals surface area contributed by atoms with Crippen molar-refractivity contribution in [3.05, 3.63) is 23.8 Å². The first-order valence-corrected chi connectivity index (χ1v) is 4.76. The van der Waals surface area contributed by atoms with E-state index in [-0.39, 0.29) is 5.41 Å². The zero-order valence-corrected chi connectivity index (χ0v) is 7.95. The van der Waals surface area contributed by atoms with Gasteiger partial charge in [0.1, 0.15) is 5.82 Å². The molecule has 0 spiro atoms. The summed E-state index contributed by atoms with van der Waals surface area (Å²) in [4.78, 5) is 8.42.